The molecule has 2 aromatic heterocycles. The topological polar surface area (TPSA) is 115 Å². The number of ketones is 1. The third-order valence-electron chi connectivity index (χ3n) is 6.25. The number of esters is 1. The van der Waals surface area contributed by atoms with Gasteiger partial charge in [-0.3, -0.25) is 14.6 Å². The van der Waals surface area contributed by atoms with Gasteiger partial charge in [-0.05, 0) is 42.0 Å². The van der Waals surface area contributed by atoms with Crippen molar-refractivity contribution in [3.63, 3.8) is 0 Å². The standard InChI is InChI=1S/C27H22N4O5/c1-36-27(35)19-8-6-17(7-9-19)23-22(24(32)18-10-12-28-13-11-18)25(33)26(34)31(23)15-14-30-16-29-20-4-2-3-5-21(20)30/h2-13,16,23,33H,14-15H2,1H3. The fraction of sp³-hybridized carbons (Fsp3) is 0.148. The molecule has 0 bridgehead atoms. The summed E-state index contributed by atoms with van der Waals surface area (Å²) in [6.45, 7) is 0.604. The van der Waals surface area contributed by atoms with E-state index < -0.39 is 29.5 Å². The van der Waals surface area contributed by atoms with Gasteiger partial charge in [0.05, 0.1) is 41.6 Å². The predicted octanol–water partition coefficient (Wildman–Crippen LogP) is 3.50. The highest BCUT2D eigenvalue weighted by atomic mass is 16.5. The normalized spacial score (nSPS) is 15.5. The van der Waals surface area contributed by atoms with Crippen LogP contribution in [0.25, 0.3) is 11.0 Å². The molecular weight excluding hydrogens is 460 g/mol. The number of carbonyl (C=O) groups excluding carboxylic acids is 3. The van der Waals surface area contributed by atoms with Crippen molar-refractivity contribution in [2.24, 2.45) is 0 Å². The summed E-state index contributed by atoms with van der Waals surface area (Å²) in [5, 5.41) is 10.9. The number of ether oxygens (including phenoxy) is 1. The Bertz CT molecular complexity index is 1490. The summed E-state index contributed by atoms with van der Waals surface area (Å²) in [4.78, 5) is 48.4. The van der Waals surface area contributed by atoms with Crippen molar-refractivity contribution in [2.45, 2.75) is 12.6 Å². The highest BCUT2D eigenvalue weighted by Gasteiger charge is 2.43. The Labute approximate surface area is 206 Å². The zero-order valence-corrected chi connectivity index (χ0v) is 19.4. The number of benzene rings is 2. The Morgan fingerprint density at radius 2 is 1.69 bits per heavy atom. The van der Waals surface area contributed by atoms with Gasteiger partial charge >= 0.3 is 5.97 Å². The number of hydrogen-bond donors (Lipinski definition) is 1. The van der Waals surface area contributed by atoms with E-state index in [-0.39, 0.29) is 12.1 Å². The van der Waals surface area contributed by atoms with Crippen molar-refractivity contribution in [2.75, 3.05) is 13.7 Å². The lowest BCUT2D eigenvalue weighted by atomic mass is 9.92. The number of amides is 1. The number of fused-ring (bicyclic) bond motifs is 1. The molecule has 1 amide bonds. The number of nitrogens with zero attached hydrogens (tertiary/aromatic N) is 4. The van der Waals surface area contributed by atoms with E-state index in [0.717, 1.165) is 11.0 Å². The molecule has 5 rings (SSSR count). The molecule has 0 saturated heterocycles. The van der Waals surface area contributed by atoms with Gasteiger partial charge in [0.2, 0.25) is 0 Å². The number of aliphatic hydroxyl groups excluding tert-OH is 1. The van der Waals surface area contributed by atoms with Crippen LogP contribution in [0.3, 0.4) is 0 Å². The number of rotatable bonds is 7. The minimum atomic E-state index is -0.848. The zero-order valence-electron chi connectivity index (χ0n) is 19.4. The van der Waals surface area contributed by atoms with Crippen LogP contribution in [-0.4, -0.2) is 55.9 Å². The molecule has 0 fully saturated rings. The maximum atomic E-state index is 13.4. The minimum absolute atomic E-state index is 0.0208. The molecule has 9 nitrogen and oxygen atoms in total. The van der Waals surface area contributed by atoms with Gasteiger partial charge in [0.15, 0.2) is 11.5 Å². The Hall–Kier alpha value is -4.79. The molecule has 9 heteroatoms. The molecule has 0 spiro atoms. The van der Waals surface area contributed by atoms with Gasteiger partial charge in [0.1, 0.15) is 0 Å². The van der Waals surface area contributed by atoms with Crippen LogP contribution in [0.5, 0.6) is 0 Å². The van der Waals surface area contributed by atoms with E-state index in [4.69, 9.17) is 4.74 Å². The molecule has 0 saturated carbocycles. The van der Waals surface area contributed by atoms with E-state index in [2.05, 4.69) is 9.97 Å². The van der Waals surface area contributed by atoms with E-state index >= 15 is 0 Å². The first kappa shape index (κ1) is 23.0. The van der Waals surface area contributed by atoms with Gasteiger partial charge in [0, 0.05) is 31.0 Å². The van der Waals surface area contributed by atoms with Crippen molar-refractivity contribution in [1.82, 2.24) is 19.4 Å². The number of para-hydroxylation sites is 2. The first-order chi connectivity index (χ1) is 17.5. The van der Waals surface area contributed by atoms with Crippen molar-refractivity contribution in [1.29, 1.82) is 0 Å². The fourth-order valence-electron chi connectivity index (χ4n) is 4.44. The van der Waals surface area contributed by atoms with Crippen LogP contribution in [0.1, 0.15) is 32.3 Å². The zero-order chi connectivity index (χ0) is 25.2. The number of aromatic nitrogens is 3. The number of aliphatic hydroxyl groups is 1. The largest absolute Gasteiger partial charge is 0.503 e. The summed E-state index contributed by atoms with van der Waals surface area (Å²) in [5.41, 5.74) is 2.93. The molecule has 1 aliphatic heterocycles. The van der Waals surface area contributed by atoms with Crippen LogP contribution in [0.4, 0.5) is 0 Å². The molecule has 3 heterocycles. The molecule has 4 aromatic rings. The summed E-state index contributed by atoms with van der Waals surface area (Å²) < 4.78 is 6.68. The van der Waals surface area contributed by atoms with Crippen molar-refractivity contribution in [3.05, 3.63) is 107 Å². The molecule has 0 radical (unpaired) electrons. The summed E-state index contributed by atoms with van der Waals surface area (Å²) in [5.74, 6) is -2.20. The van der Waals surface area contributed by atoms with Crippen molar-refractivity contribution in [3.8, 4) is 0 Å². The Balaban J connectivity index is 1.52. The second-order valence-electron chi connectivity index (χ2n) is 8.27. The van der Waals surface area contributed by atoms with Crippen LogP contribution >= 0.6 is 0 Å². The van der Waals surface area contributed by atoms with Crippen LogP contribution in [0.15, 0.2) is 90.7 Å². The lowest BCUT2D eigenvalue weighted by Gasteiger charge is -2.27. The summed E-state index contributed by atoms with van der Waals surface area (Å²) in [7, 11) is 1.29. The van der Waals surface area contributed by atoms with Gasteiger partial charge in [0.25, 0.3) is 5.91 Å². The monoisotopic (exact) mass is 482 g/mol. The molecule has 1 N–H and O–H groups in total. The molecule has 2 aromatic carbocycles. The van der Waals surface area contributed by atoms with E-state index in [1.807, 2.05) is 28.8 Å². The molecule has 180 valence electrons. The first-order valence-electron chi connectivity index (χ1n) is 11.3. The van der Waals surface area contributed by atoms with Crippen LogP contribution in [0.2, 0.25) is 0 Å². The Morgan fingerprint density at radius 1 is 0.972 bits per heavy atom. The predicted molar refractivity (Wildman–Crippen MR) is 130 cm³/mol. The molecule has 1 aliphatic rings. The molecule has 0 aliphatic carbocycles. The third kappa shape index (κ3) is 4.00. The van der Waals surface area contributed by atoms with Crippen molar-refractivity contribution < 1.29 is 24.2 Å². The van der Waals surface area contributed by atoms with E-state index in [1.165, 1.54) is 36.5 Å². The van der Waals surface area contributed by atoms with Crippen LogP contribution < -0.4 is 0 Å². The highest BCUT2D eigenvalue weighted by molar-refractivity contribution is 6.16. The van der Waals surface area contributed by atoms with Gasteiger partial charge in [-0.25, -0.2) is 9.78 Å². The summed E-state index contributed by atoms with van der Waals surface area (Å²) in [6.07, 6.45) is 4.65. The fourth-order valence-corrected chi connectivity index (χ4v) is 4.44. The second-order valence-corrected chi connectivity index (χ2v) is 8.27. The number of pyridine rings is 1. The number of Topliss-reactive ketones (excluding diaryl/α,β-unsaturated/α-hetero) is 1. The maximum absolute atomic E-state index is 13.4. The van der Waals surface area contributed by atoms with Gasteiger partial charge in [-0.1, -0.05) is 24.3 Å². The minimum Gasteiger partial charge on any atom is -0.503 e. The summed E-state index contributed by atoms with van der Waals surface area (Å²) >= 11 is 0. The van der Waals surface area contributed by atoms with E-state index in [9.17, 15) is 19.5 Å². The smallest absolute Gasteiger partial charge is 0.337 e. The second kappa shape index (κ2) is 9.46. The van der Waals surface area contributed by atoms with Crippen LogP contribution in [-0.2, 0) is 16.1 Å². The van der Waals surface area contributed by atoms with E-state index in [1.54, 1.807) is 30.6 Å². The molecule has 1 atom stereocenters. The lowest BCUT2D eigenvalue weighted by molar-refractivity contribution is -0.129. The van der Waals surface area contributed by atoms with Crippen molar-refractivity contribution >= 4 is 28.7 Å². The summed E-state index contributed by atoms with van der Waals surface area (Å²) in [6, 6.07) is 16.3. The van der Waals surface area contributed by atoms with E-state index in [0.29, 0.717) is 23.2 Å². The maximum Gasteiger partial charge on any atom is 0.337 e. The van der Waals surface area contributed by atoms with Gasteiger partial charge < -0.3 is 19.3 Å². The average Bonchev–Trinajstić information content (AvgIpc) is 3.45. The SMILES string of the molecule is COC(=O)c1ccc(C2C(C(=O)c3ccncc3)=C(O)C(=O)N2CCn2cnc3ccccc32)cc1. The third-order valence-corrected chi connectivity index (χ3v) is 6.25. The number of methoxy groups -OCH3 is 1. The lowest BCUT2D eigenvalue weighted by Crippen LogP contribution is -2.34. The van der Waals surface area contributed by atoms with Gasteiger partial charge in [-0.2, -0.15) is 0 Å². The first-order valence-corrected chi connectivity index (χ1v) is 11.3. The highest BCUT2D eigenvalue weighted by Crippen LogP contribution is 2.39. The van der Waals surface area contributed by atoms with Gasteiger partial charge in [-0.15, -0.1) is 0 Å². The molecular formula is C27H22N4O5. The number of imidazole rings is 1. The quantitative estimate of drug-likeness (QED) is 0.317. The molecule has 36 heavy (non-hydrogen) atoms. The van der Waals surface area contributed by atoms with Crippen LogP contribution in [0, 0.1) is 0 Å². The average molecular weight is 482 g/mol. The Morgan fingerprint density at radius 3 is 2.42 bits per heavy atom. The number of carbonyl (C=O) groups is 3. The Kier molecular flexibility index (Phi) is 6.03. The molecule has 1 unspecified atom stereocenters. The number of hydrogen-bond acceptors (Lipinski definition) is 7.